The third-order valence-corrected chi connectivity index (χ3v) is 4.57. The molecule has 0 saturated carbocycles. The van der Waals surface area contributed by atoms with Gasteiger partial charge in [0.25, 0.3) is 5.91 Å². The summed E-state index contributed by atoms with van der Waals surface area (Å²) >= 11 is 0. The molecule has 138 valence electrons. The van der Waals surface area contributed by atoms with Crippen molar-refractivity contribution in [2.24, 2.45) is 5.92 Å². The van der Waals surface area contributed by atoms with Crippen LogP contribution in [0.15, 0.2) is 48.7 Å². The fraction of sp³-hybridized carbons (Fsp3) is 0.368. The quantitative estimate of drug-likeness (QED) is 0.887. The number of carbonyl (C=O) groups excluding carboxylic acids is 1. The Hall–Kier alpha value is -2.54. The molecule has 0 bridgehead atoms. The van der Waals surface area contributed by atoms with E-state index in [0.717, 1.165) is 0 Å². The third kappa shape index (κ3) is 4.35. The number of hydrogen-bond donors (Lipinski definition) is 1. The molecular formula is C19H20F2N2O3. The number of hydrogen-bond acceptors (Lipinski definition) is 4. The van der Waals surface area contributed by atoms with Gasteiger partial charge in [0, 0.05) is 24.8 Å². The van der Waals surface area contributed by atoms with Gasteiger partial charge in [-0.2, -0.15) is 8.78 Å². The maximum atomic E-state index is 12.6. The molecule has 1 fully saturated rings. The van der Waals surface area contributed by atoms with Gasteiger partial charge in [-0.1, -0.05) is 12.1 Å². The first-order chi connectivity index (χ1) is 12.5. The lowest BCUT2D eigenvalue weighted by atomic mass is 9.89. The molecule has 26 heavy (non-hydrogen) atoms. The minimum atomic E-state index is -2.93. The van der Waals surface area contributed by atoms with Gasteiger partial charge in [-0.05, 0) is 49.1 Å². The predicted octanol–water partition coefficient (Wildman–Crippen LogP) is 3.27. The van der Waals surface area contributed by atoms with Crippen LogP contribution in [0.4, 0.5) is 8.78 Å². The van der Waals surface area contributed by atoms with E-state index in [9.17, 15) is 18.7 Å². The van der Waals surface area contributed by atoms with Crippen molar-refractivity contribution in [2.45, 2.75) is 25.6 Å². The zero-order valence-electron chi connectivity index (χ0n) is 14.1. The number of aliphatic hydroxyl groups is 1. The summed E-state index contributed by atoms with van der Waals surface area (Å²) in [6.07, 6.45) is 2.29. The van der Waals surface area contributed by atoms with Crippen LogP contribution in [0.1, 0.15) is 35.0 Å². The van der Waals surface area contributed by atoms with E-state index < -0.39 is 12.7 Å². The maximum Gasteiger partial charge on any atom is 0.387 e. The maximum absolute atomic E-state index is 12.6. The fourth-order valence-electron chi connectivity index (χ4n) is 3.20. The number of aliphatic hydroxyl groups excluding tert-OH is 1. The van der Waals surface area contributed by atoms with Crippen LogP contribution in [0.5, 0.6) is 5.75 Å². The summed E-state index contributed by atoms with van der Waals surface area (Å²) in [4.78, 5) is 18.4. The van der Waals surface area contributed by atoms with E-state index in [-0.39, 0.29) is 17.6 Å². The van der Waals surface area contributed by atoms with E-state index in [1.165, 1.54) is 18.2 Å². The molecule has 3 rings (SSSR count). The largest absolute Gasteiger partial charge is 0.435 e. The minimum absolute atomic E-state index is 0.0300. The molecule has 0 aliphatic carbocycles. The number of halogens is 2. The molecule has 1 N–H and O–H groups in total. The highest BCUT2D eigenvalue weighted by molar-refractivity contribution is 5.94. The van der Waals surface area contributed by atoms with Gasteiger partial charge in [0.15, 0.2) is 0 Å². The highest BCUT2D eigenvalue weighted by Gasteiger charge is 2.29. The number of pyridine rings is 1. The second-order valence-corrected chi connectivity index (χ2v) is 6.24. The van der Waals surface area contributed by atoms with Crippen LogP contribution in [0.2, 0.25) is 0 Å². The molecule has 0 radical (unpaired) electrons. The van der Waals surface area contributed by atoms with Crippen molar-refractivity contribution in [3.8, 4) is 5.75 Å². The van der Waals surface area contributed by atoms with Crippen molar-refractivity contribution in [3.05, 3.63) is 59.9 Å². The van der Waals surface area contributed by atoms with Crippen LogP contribution in [-0.2, 0) is 0 Å². The van der Waals surface area contributed by atoms with Crippen molar-refractivity contribution in [1.29, 1.82) is 0 Å². The van der Waals surface area contributed by atoms with E-state index in [1.807, 2.05) is 6.07 Å². The van der Waals surface area contributed by atoms with Crippen molar-refractivity contribution in [2.75, 3.05) is 13.1 Å². The van der Waals surface area contributed by atoms with Crippen LogP contribution in [0, 0.1) is 5.92 Å². The zero-order chi connectivity index (χ0) is 18.5. The number of rotatable bonds is 5. The first-order valence-electron chi connectivity index (χ1n) is 8.48. The Morgan fingerprint density at radius 3 is 2.62 bits per heavy atom. The second-order valence-electron chi connectivity index (χ2n) is 6.24. The number of likely N-dealkylation sites (tertiary alicyclic amines) is 1. The first-order valence-corrected chi connectivity index (χ1v) is 8.48. The van der Waals surface area contributed by atoms with E-state index in [2.05, 4.69) is 9.72 Å². The normalized spacial score (nSPS) is 16.5. The second kappa shape index (κ2) is 8.23. The number of nitrogens with zero attached hydrogens (tertiary/aromatic N) is 2. The van der Waals surface area contributed by atoms with E-state index in [0.29, 0.717) is 37.2 Å². The number of piperidine rings is 1. The Bertz CT molecular complexity index is 735. The summed E-state index contributed by atoms with van der Waals surface area (Å²) in [5.41, 5.74) is 0.945. The number of alkyl halides is 2. The van der Waals surface area contributed by atoms with Crippen LogP contribution in [0.25, 0.3) is 0 Å². The van der Waals surface area contributed by atoms with Gasteiger partial charge in [-0.15, -0.1) is 0 Å². The van der Waals surface area contributed by atoms with Gasteiger partial charge >= 0.3 is 6.61 Å². The first kappa shape index (κ1) is 18.3. The molecule has 1 amide bonds. The summed E-state index contributed by atoms with van der Waals surface area (Å²) in [6.45, 7) is -1.94. The lowest BCUT2D eigenvalue weighted by Gasteiger charge is -2.34. The monoisotopic (exact) mass is 362 g/mol. The molecule has 1 aliphatic rings. The lowest BCUT2D eigenvalue weighted by molar-refractivity contribution is -0.0499. The summed E-state index contributed by atoms with van der Waals surface area (Å²) in [5, 5.41) is 10.5. The average molecular weight is 362 g/mol. The predicted molar refractivity (Wildman–Crippen MR) is 90.9 cm³/mol. The van der Waals surface area contributed by atoms with Crippen molar-refractivity contribution in [3.63, 3.8) is 0 Å². The van der Waals surface area contributed by atoms with Gasteiger partial charge in [-0.3, -0.25) is 9.78 Å². The van der Waals surface area contributed by atoms with Gasteiger partial charge < -0.3 is 14.7 Å². The molecule has 0 spiro atoms. The van der Waals surface area contributed by atoms with Gasteiger partial charge in [-0.25, -0.2) is 0 Å². The topological polar surface area (TPSA) is 62.7 Å². The molecule has 1 saturated heterocycles. The summed E-state index contributed by atoms with van der Waals surface area (Å²) in [7, 11) is 0. The zero-order valence-corrected chi connectivity index (χ0v) is 14.1. The Labute approximate surface area is 150 Å². The van der Waals surface area contributed by atoms with Gasteiger partial charge in [0.2, 0.25) is 0 Å². The van der Waals surface area contributed by atoms with Crippen LogP contribution >= 0.6 is 0 Å². The highest BCUT2D eigenvalue weighted by Crippen LogP contribution is 2.30. The molecule has 1 aliphatic heterocycles. The van der Waals surface area contributed by atoms with Crippen molar-refractivity contribution in [1.82, 2.24) is 9.88 Å². The third-order valence-electron chi connectivity index (χ3n) is 4.57. The van der Waals surface area contributed by atoms with E-state index >= 15 is 0 Å². The van der Waals surface area contributed by atoms with Crippen LogP contribution < -0.4 is 4.74 Å². The Balaban J connectivity index is 1.60. The van der Waals surface area contributed by atoms with Gasteiger partial charge in [0.1, 0.15) is 5.75 Å². The smallest absolute Gasteiger partial charge is 0.387 e. The molecule has 2 aromatic rings. The van der Waals surface area contributed by atoms with Crippen LogP contribution in [0.3, 0.4) is 0 Å². The van der Waals surface area contributed by atoms with Crippen molar-refractivity contribution < 1.29 is 23.4 Å². The summed E-state index contributed by atoms with van der Waals surface area (Å²) in [5.74, 6) is -0.232. The van der Waals surface area contributed by atoms with E-state index in [1.54, 1.807) is 29.3 Å². The number of ether oxygens (including phenoxy) is 1. The number of amides is 1. The number of carbonyl (C=O) groups is 1. The Morgan fingerprint density at radius 1 is 1.19 bits per heavy atom. The summed E-state index contributed by atoms with van der Waals surface area (Å²) < 4.78 is 29.0. The molecule has 5 nitrogen and oxygen atoms in total. The number of benzene rings is 1. The fourth-order valence-corrected chi connectivity index (χ4v) is 3.20. The Kier molecular flexibility index (Phi) is 5.78. The molecule has 1 aromatic carbocycles. The minimum Gasteiger partial charge on any atom is -0.435 e. The molecule has 7 heteroatoms. The Morgan fingerprint density at radius 2 is 1.96 bits per heavy atom. The number of aromatic nitrogens is 1. The highest BCUT2D eigenvalue weighted by atomic mass is 19.3. The standard InChI is InChI=1S/C19H20F2N2O3/c20-19(21)26-15-5-3-4-14(12-15)18(25)23-10-7-13(8-11-23)17(24)16-6-1-2-9-22-16/h1-6,9,12-13,17,19,24H,7-8,10-11H2/t17-/m0/s1. The van der Waals surface area contributed by atoms with E-state index in [4.69, 9.17) is 0 Å². The van der Waals surface area contributed by atoms with Crippen LogP contribution in [-0.4, -0.2) is 40.6 Å². The molecule has 1 atom stereocenters. The lowest BCUT2D eigenvalue weighted by Crippen LogP contribution is -2.39. The molecule has 2 heterocycles. The molecule has 1 aromatic heterocycles. The molecular weight excluding hydrogens is 342 g/mol. The van der Waals surface area contributed by atoms with Crippen molar-refractivity contribution >= 4 is 5.91 Å². The summed E-state index contributed by atoms with van der Waals surface area (Å²) in [6, 6.07) is 11.2. The molecule has 0 unspecified atom stereocenters. The average Bonchev–Trinajstić information content (AvgIpc) is 2.67. The SMILES string of the molecule is O=C(c1cccc(OC(F)F)c1)N1CCC([C@H](O)c2ccccn2)CC1. The van der Waals surface area contributed by atoms with Gasteiger partial charge in [0.05, 0.1) is 11.8 Å².